The van der Waals surface area contributed by atoms with Gasteiger partial charge in [-0.2, -0.15) is 0 Å². The molecule has 0 radical (unpaired) electrons. The monoisotopic (exact) mass is 342 g/mol. The Balaban J connectivity index is 2.17. The van der Waals surface area contributed by atoms with Crippen LogP contribution in [0.1, 0.15) is 37.7 Å². The van der Waals surface area contributed by atoms with Crippen LogP contribution in [-0.2, 0) is 10.2 Å². The summed E-state index contributed by atoms with van der Waals surface area (Å²) in [5.74, 6) is -0.0321. The Morgan fingerprint density at radius 3 is 2.60 bits per heavy atom. The Labute approximate surface area is 124 Å². The Morgan fingerprint density at radius 1 is 1.25 bits per heavy atom. The lowest BCUT2D eigenvalue weighted by molar-refractivity contribution is -0.145. The Kier molecular flexibility index (Phi) is 3.28. The predicted molar refractivity (Wildman–Crippen MR) is 74.3 cm³/mol. The molecule has 1 heterocycles. The fourth-order valence-corrected chi connectivity index (χ4v) is 3.63. The molecule has 6 heteroatoms. The summed E-state index contributed by atoms with van der Waals surface area (Å²) >= 11 is 3.27. The minimum atomic E-state index is -1.04. The van der Waals surface area contributed by atoms with Crippen LogP contribution in [0.5, 0.6) is 17.2 Å². The second-order valence-electron chi connectivity index (χ2n) is 5.27. The number of phenolic OH excluding ortho intramolecular Hbond substituents is 1. The number of halogens is 1. The lowest BCUT2D eigenvalue weighted by Gasteiger charge is -2.34. The summed E-state index contributed by atoms with van der Waals surface area (Å²) < 4.78 is 11.0. The first kappa shape index (κ1) is 13.5. The van der Waals surface area contributed by atoms with E-state index in [-0.39, 0.29) is 12.5 Å². The summed E-state index contributed by atoms with van der Waals surface area (Å²) in [7, 11) is 0. The van der Waals surface area contributed by atoms with Crippen molar-refractivity contribution < 1.29 is 24.5 Å². The molecule has 0 spiro atoms. The van der Waals surface area contributed by atoms with Gasteiger partial charge in [-0.05, 0) is 34.8 Å². The van der Waals surface area contributed by atoms with Crippen LogP contribution in [0.3, 0.4) is 0 Å². The number of aliphatic carboxylic acids is 1. The molecular formula is C14H15BrO5. The molecule has 3 rings (SSSR count). The van der Waals surface area contributed by atoms with Crippen LogP contribution in [0.4, 0.5) is 0 Å². The van der Waals surface area contributed by atoms with Crippen LogP contribution >= 0.6 is 15.9 Å². The van der Waals surface area contributed by atoms with Gasteiger partial charge in [0.15, 0.2) is 11.5 Å². The Hall–Kier alpha value is -1.43. The number of fused-ring (bicyclic) bond motifs is 1. The molecule has 1 aliphatic carbocycles. The van der Waals surface area contributed by atoms with Crippen molar-refractivity contribution >= 4 is 21.9 Å². The lowest BCUT2D eigenvalue weighted by atomic mass is 9.69. The summed E-state index contributed by atoms with van der Waals surface area (Å²) in [5, 5.41) is 20.1. The molecule has 2 aliphatic rings. The molecule has 0 saturated heterocycles. The first-order valence-electron chi connectivity index (χ1n) is 6.61. The highest BCUT2D eigenvalue weighted by molar-refractivity contribution is 9.10. The number of carboxylic acids is 1. The molecule has 1 fully saturated rings. The molecule has 5 nitrogen and oxygen atoms in total. The Morgan fingerprint density at radius 2 is 1.95 bits per heavy atom. The molecule has 108 valence electrons. The van der Waals surface area contributed by atoms with Gasteiger partial charge in [-0.3, -0.25) is 4.79 Å². The SMILES string of the molecule is O=C(O)C1(c2cc3c(c(Br)c2O)OCO3)CCCCC1. The second-order valence-corrected chi connectivity index (χ2v) is 6.06. The van der Waals surface area contributed by atoms with Crippen molar-refractivity contribution in [3.63, 3.8) is 0 Å². The van der Waals surface area contributed by atoms with E-state index in [2.05, 4.69) is 15.9 Å². The van der Waals surface area contributed by atoms with Crippen LogP contribution in [0.25, 0.3) is 0 Å². The van der Waals surface area contributed by atoms with Crippen molar-refractivity contribution in [3.8, 4) is 17.2 Å². The zero-order chi connectivity index (χ0) is 14.3. The van der Waals surface area contributed by atoms with Gasteiger partial charge in [-0.15, -0.1) is 0 Å². The largest absolute Gasteiger partial charge is 0.506 e. The lowest BCUT2D eigenvalue weighted by Crippen LogP contribution is -2.37. The number of phenols is 1. The highest BCUT2D eigenvalue weighted by Gasteiger charge is 2.44. The van der Waals surface area contributed by atoms with E-state index in [0.717, 1.165) is 19.3 Å². The number of hydrogen-bond acceptors (Lipinski definition) is 4. The van der Waals surface area contributed by atoms with Gasteiger partial charge in [0.05, 0.1) is 5.41 Å². The summed E-state index contributed by atoms with van der Waals surface area (Å²) in [6.45, 7) is 0.0803. The smallest absolute Gasteiger partial charge is 0.314 e. The van der Waals surface area contributed by atoms with Crippen LogP contribution in [0.2, 0.25) is 0 Å². The summed E-state index contributed by atoms with van der Waals surface area (Å²) in [5.41, 5.74) is -0.618. The van der Waals surface area contributed by atoms with Crippen LogP contribution < -0.4 is 9.47 Å². The van der Waals surface area contributed by atoms with E-state index in [1.165, 1.54) is 0 Å². The standard InChI is InChI=1S/C14H15BrO5/c15-10-11(16)8(6-9-12(10)20-7-19-9)14(13(17)18)4-2-1-3-5-14/h6,16H,1-5,7H2,(H,17,18). The maximum Gasteiger partial charge on any atom is 0.314 e. The highest BCUT2D eigenvalue weighted by Crippen LogP contribution is 2.52. The van der Waals surface area contributed by atoms with E-state index in [9.17, 15) is 15.0 Å². The number of benzene rings is 1. The summed E-state index contributed by atoms with van der Waals surface area (Å²) in [4.78, 5) is 11.8. The maximum atomic E-state index is 11.8. The van der Waals surface area contributed by atoms with Crippen LogP contribution in [-0.4, -0.2) is 23.0 Å². The molecule has 1 aliphatic heterocycles. The zero-order valence-corrected chi connectivity index (χ0v) is 12.4. The third-order valence-electron chi connectivity index (χ3n) is 4.21. The molecular weight excluding hydrogens is 328 g/mol. The number of carbonyl (C=O) groups is 1. The second kappa shape index (κ2) is 4.84. The molecule has 1 saturated carbocycles. The fourth-order valence-electron chi connectivity index (χ4n) is 3.11. The van der Waals surface area contributed by atoms with E-state index in [1.54, 1.807) is 6.07 Å². The predicted octanol–water partition coefficient (Wildman–Crippen LogP) is 3.17. The highest BCUT2D eigenvalue weighted by atomic mass is 79.9. The third-order valence-corrected chi connectivity index (χ3v) is 4.95. The van der Waals surface area contributed by atoms with Crippen molar-refractivity contribution in [2.75, 3.05) is 6.79 Å². The average Bonchev–Trinajstić information content (AvgIpc) is 2.92. The number of aromatic hydroxyl groups is 1. The molecule has 0 unspecified atom stereocenters. The van der Waals surface area contributed by atoms with Gasteiger partial charge < -0.3 is 19.7 Å². The van der Waals surface area contributed by atoms with Crippen molar-refractivity contribution in [2.45, 2.75) is 37.5 Å². The van der Waals surface area contributed by atoms with Crippen molar-refractivity contribution in [2.24, 2.45) is 0 Å². The van der Waals surface area contributed by atoms with E-state index in [1.807, 2.05) is 0 Å². The minimum Gasteiger partial charge on any atom is -0.506 e. The van der Waals surface area contributed by atoms with Gasteiger partial charge in [0.25, 0.3) is 0 Å². The molecule has 1 aromatic rings. The molecule has 20 heavy (non-hydrogen) atoms. The molecule has 0 aromatic heterocycles. The number of rotatable bonds is 2. The summed E-state index contributed by atoms with van der Waals surface area (Å²) in [6, 6.07) is 1.61. The quantitative estimate of drug-likeness (QED) is 0.863. The molecule has 0 bridgehead atoms. The van der Waals surface area contributed by atoms with Crippen LogP contribution in [0.15, 0.2) is 10.5 Å². The number of hydrogen-bond donors (Lipinski definition) is 2. The van der Waals surface area contributed by atoms with Crippen molar-refractivity contribution in [3.05, 3.63) is 16.1 Å². The first-order valence-corrected chi connectivity index (χ1v) is 7.40. The molecule has 0 amide bonds. The van der Waals surface area contributed by atoms with E-state index in [0.29, 0.717) is 34.4 Å². The maximum absolute atomic E-state index is 11.8. The molecule has 1 aromatic carbocycles. The number of carboxylic acid groups (broad SMARTS) is 1. The normalized spacial score (nSPS) is 19.9. The van der Waals surface area contributed by atoms with E-state index < -0.39 is 11.4 Å². The van der Waals surface area contributed by atoms with Gasteiger partial charge in [0.2, 0.25) is 6.79 Å². The fraction of sp³-hybridized carbons (Fsp3) is 0.500. The van der Waals surface area contributed by atoms with Crippen LogP contribution in [0, 0.1) is 0 Å². The third kappa shape index (κ3) is 1.85. The van der Waals surface area contributed by atoms with E-state index in [4.69, 9.17) is 9.47 Å². The van der Waals surface area contributed by atoms with Crippen molar-refractivity contribution in [1.29, 1.82) is 0 Å². The molecule has 2 N–H and O–H groups in total. The zero-order valence-electron chi connectivity index (χ0n) is 10.8. The molecule has 0 atom stereocenters. The van der Waals surface area contributed by atoms with Gasteiger partial charge in [-0.25, -0.2) is 0 Å². The summed E-state index contributed by atoms with van der Waals surface area (Å²) in [6.07, 6.45) is 3.78. The van der Waals surface area contributed by atoms with Gasteiger partial charge in [-0.1, -0.05) is 19.3 Å². The van der Waals surface area contributed by atoms with Gasteiger partial charge in [0.1, 0.15) is 10.2 Å². The van der Waals surface area contributed by atoms with E-state index >= 15 is 0 Å². The van der Waals surface area contributed by atoms with Gasteiger partial charge >= 0.3 is 5.97 Å². The van der Waals surface area contributed by atoms with Gasteiger partial charge in [0, 0.05) is 5.56 Å². The van der Waals surface area contributed by atoms with Crippen molar-refractivity contribution in [1.82, 2.24) is 0 Å². The Bertz CT molecular complexity index is 563. The topological polar surface area (TPSA) is 76.0 Å². The number of ether oxygens (including phenoxy) is 2. The minimum absolute atomic E-state index is 0.0569. The first-order chi connectivity index (χ1) is 9.56. The average molecular weight is 343 g/mol.